The molecule has 2 amide bonds. The molecule has 1 saturated heterocycles. The van der Waals surface area contributed by atoms with Gasteiger partial charge in [-0.1, -0.05) is 36.4 Å². The SMILES string of the molecule is O=C(CC[NH+]1CCN(c2ccccc2)CC1)NNC(=O)c1cnn(-c2ccccc2)c1. The van der Waals surface area contributed by atoms with Crippen LogP contribution >= 0.6 is 0 Å². The highest BCUT2D eigenvalue weighted by atomic mass is 16.2. The van der Waals surface area contributed by atoms with Gasteiger partial charge in [0.1, 0.15) is 0 Å². The van der Waals surface area contributed by atoms with Crippen molar-refractivity contribution in [1.82, 2.24) is 20.6 Å². The second kappa shape index (κ2) is 9.90. The molecule has 1 aliphatic heterocycles. The number of piperazine rings is 1. The molecule has 4 rings (SSSR count). The number of hydrogen-bond donors (Lipinski definition) is 3. The van der Waals surface area contributed by atoms with Gasteiger partial charge in [-0.3, -0.25) is 20.4 Å². The van der Waals surface area contributed by atoms with Crippen LogP contribution in [0.3, 0.4) is 0 Å². The number of rotatable bonds is 6. The van der Waals surface area contributed by atoms with Crippen molar-refractivity contribution in [3.05, 3.63) is 78.6 Å². The fourth-order valence-corrected chi connectivity index (χ4v) is 3.68. The van der Waals surface area contributed by atoms with Crippen LogP contribution in [0.1, 0.15) is 16.8 Å². The summed E-state index contributed by atoms with van der Waals surface area (Å²) in [6.45, 7) is 4.68. The van der Waals surface area contributed by atoms with E-state index in [2.05, 4.69) is 45.1 Å². The number of hydrogen-bond acceptors (Lipinski definition) is 4. The number of nitrogens with zero attached hydrogens (tertiary/aromatic N) is 3. The van der Waals surface area contributed by atoms with Gasteiger partial charge in [0, 0.05) is 11.9 Å². The first-order chi connectivity index (χ1) is 15.2. The summed E-state index contributed by atoms with van der Waals surface area (Å²) in [6.07, 6.45) is 3.47. The average molecular weight is 420 g/mol. The molecule has 0 radical (unpaired) electrons. The molecule has 3 aromatic rings. The maximum atomic E-state index is 12.3. The van der Waals surface area contributed by atoms with E-state index >= 15 is 0 Å². The molecular weight excluding hydrogens is 392 g/mol. The Bertz CT molecular complexity index is 997. The molecule has 31 heavy (non-hydrogen) atoms. The van der Waals surface area contributed by atoms with E-state index in [1.54, 1.807) is 10.9 Å². The zero-order valence-electron chi connectivity index (χ0n) is 17.3. The molecule has 0 atom stereocenters. The van der Waals surface area contributed by atoms with Gasteiger partial charge in [-0.25, -0.2) is 4.68 Å². The third-order valence-electron chi connectivity index (χ3n) is 5.48. The van der Waals surface area contributed by atoms with Gasteiger partial charge in [-0.2, -0.15) is 5.10 Å². The summed E-state index contributed by atoms with van der Waals surface area (Å²) in [5.41, 5.74) is 7.47. The van der Waals surface area contributed by atoms with E-state index in [-0.39, 0.29) is 11.8 Å². The van der Waals surface area contributed by atoms with E-state index in [1.165, 1.54) is 16.8 Å². The number of aromatic nitrogens is 2. The third kappa shape index (κ3) is 5.49. The van der Waals surface area contributed by atoms with E-state index in [1.807, 2.05) is 36.4 Å². The lowest BCUT2D eigenvalue weighted by molar-refractivity contribution is -0.900. The van der Waals surface area contributed by atoms with E-state index in [0.29, 0.717) is 12.0 Å². The monoisotopic (exact) mass is 419 g/mol. The van der Waals surface area contributed by atoms with Crippen LogP contribution in [0.4, 0.5) is 5.69 Å². The number of carbonyl (C=O) groups is 2. The van der Waals surface area contributed by atoms with Crippen molar-refractivity contribution < 1.29 is 14.5 Å². The van der Waals surface area contributed by atoms with Crippen LogP contribution in [-0.4, -0.2) is 54.3 Å². The summed E-state index contributed by atoms with van der Waals surface area (Å²) in [7, 11) is 0. The molecule has 160 valence electrons. The number of nitrogens with one attached hydrogen (secondary N) is 3. The van der Waals surface area contributed by atoms with Crippen molar-refractivity contribution in [3.8, 4) is 5.69 Å². The Labute approximate surface area is 181 Å². The molecule has 1 fully saturated rings. The number of anilines is 1. The molecule has 0 bridgehead atoms. The van der Waals surface area contributed by atoms with Crippen LogP contribution in [0, 0.1) is 0 Å². The summed E-state index contributed by atoms with van der Waals surface area (Å²) in [5, 5.41) is 4.20. The molecule has 1 aliphatic rings. The average Bonchev–Trinajstić information content (AvgIpc) is 3.33. The van der Waals surface area contributed by atoms with E-state index in [0.717, 1.165) is 38.4 Å². The molecule has 2 heterocycles. The Morgan fingerprint density at radius 3 is 2.23 bits per heavy atom. The van der Waals surface area contributed by atoms with Crippen molar-refractivity contribution in [3.63, 3.8) is 0 Å². The van der Waals surface area contributed by atoms with Crippen molar-refractivity contribution in [2.75, 3.05) is 37.6 Å². The van der Waals surface area contributed by atoms with Crippen LogP contribution in [0.15, 0.2) is 73.1 Å². The predicted octanol–water partition coefficient (Wildman–Crippen LogP) is 0.429. The quantitative estimate of drug-likeness (QED) is 0.506. The minimum Gasteiger partial charge on any atom is -0.360 e. The predicted molar refractivity (Wildman–Crippen MR) is 118 cm³/mol. The lowest BCUT2D eigenvalue weighted by Gasteiger charge is -2.33. The van der Waals surface area contributed by atoms with Gasteiger partial charge in [0.2, 0.25) is 5.91 Å². The highest BCUT2D eigenvalue weighted by Crippen LogP contribution is 2.12. The van der Waals surface area contributed by atoms with Crippen molar-refractivity contribution in [2.24, 2.45) is 0 Å². The first-order valence-corrected chi connectivity index (χ1v) is 10.5. The number of quaternary nitrogens is 1. The normalized spacial score (nSPS) is 14.3. The Morgan fingerprint density at radius 2 is 1.55 bits per heavy atom. The second-order valence-corrected chi connectivity index (χ2v) is 7.58. The smallest absolute Gasteiger partial charge is 0.272 e. The topological polar surface area (TPSA) is 83.7 Å². The minimum atomic E-state index is -0.389. The van der Waals surface area contributed by atoms with Crippen LogP contribution in [0.25, 0.3) is 5.69 Å². The largest absolute Gasteiger partial charge is 0.360 e. The molecule has 3 N–H and O–H groups in total. The maximum Gasteiger partial charge on any atom is 0.272 e. The van der Waals surface area contributed by atoms with Gasteiger partial charge < -0.3 is 9.80 Å². The highest BCUT2D eigenvalue weighted by Gasteiger charge is 2.20. The number of carbonyl (C=O) groups excluding carboxylic acids is 2. The standard InChI is InChI=1S/C23H26N6O2/c30-22(11-12-27-13-15-28(16-14-27)20-7-3-1-4-8-20)25-26-23(31)19-17-24-29(18-19)21-9-5-2-6-10-21/h1-10,17-18H,11-16H2,(H,25,30)(H,26,31)/p+1. The van der Waals surface area contributed by atoms with Gasteiger partial charge in [0.05, 0.1) is 56.6 Å². The summed E-state index contributed by atoms with van der Waals surface area (Å²) in [5.74, 6) is -0.582. The van der Waals surface area contributed by atoms with Gasteiger partial charge in [0.25, 0.3) is 5.91 Å². The first-order valence-electron chi connectivity index (χ1n) is 10.5. The van der Waals surface area contributed by atoms with Gasteiger partial charge in [-0.05, 0) is 24.3 Å². The molecule has 1 aromatic heterocycles. The van der Waals surface area contributed by atoms with Crippen molar-refractivity contribution >= 4 is 17.5 Å². The minimum absolute atomic E-state index is 0.193. The Kier molecular flexibility index (Phi) is 6.59. The van der Waals surface area contributed by atoms with Crippen molar-refractivity contribution in [1.29, 1.82) is 0 Å². The lowest BCUT2D eigenvalue weighted by Crippen LogP contribution is -3.15. The van der Waals surface area contributed by atoms with Gasteiger partial charge in [-0.15, -0.1) is 0 Å². The number of para-hydroxylation sites is 2. The van der Waals surface area contributed by atoms with E-state index < -0.39 is 0 Å². The molecule has 0 aliphatic carbocycles. The summed E-state index contributed by atoms with van der Waals surface area (Å²) >= 11 is 0. The summed E-state index contributed by atoms with van der Waals surface area (Å²) in [4.78, 5) is 28.2. The molecule has 0 unspecified atom stereocenters. The molecule has 8 heteroatoms. The zero-order chi connectivity index (χ0) is 21.5. The number of hydrazine groups is 1. The fourth-order valence-electron chi connectivity index (χ4n) is 3.68. The molecular formula is C23H27N6O2+. The van der Waals surface area contributed by atoms with Crippen LogP contribution in [0.5, 0.6) is 0 Å². The van der Waals surface area contributed by atoms with Crippen LogP contribution in [0.2, 0.25) is 0 Å². The Morgan fingerprint density at radius 1 is 0.903 bits per heavy atom. The zero-order valence-corrected chi connectivity index (χ0v) is 17.3. The third-order valence-corrected chi connectivity index (χ3v) is 5.48. The van der Waals surface area contributed by atoms with Crippen molar-refractivity contribution in [2.45, 2.75) is 6.42 Å². The second-order valence-electron chi connectivity index (χ2n) is 7.58. The van der Waals surface area contributed by atoms with Gasteiger partial charge in [0.15, 0.2) is 0 Å². The van der Waals surface area contributed by atoms with Crippen LogP contribution in [-0.2, 0) is 4.79 Å². The maximum absolute atomic E-state index is 12.3. The van der Waals surface area contributed by atoms with E-state index in [9.17, 15) is 9.59 Å². The van der Waals surface area contributed by atoms with E-state index in [4.69, 9.17) is 0 Å². The molecule has 8 nitrogen and oxygen atoms in total. The lowest BCUT2D eigenvalue weighted by atomic mass is 10.2. The van der Waals surface area contributed by atoms with Crippen LogP contribution < -0.4 is 20.7 Å². The number of amides is 2. The molecule has 0 saturated carbocycles. The number of benzene rings is 2. The first kappa shape index (κ1) is 20.6. The molecule has 2 aromatic carbocycles. The summed E-state index contributed by atoms with van der Waals surface area (Å²) < 4.78 is 1.62. The molecule has 0 spiro atoms. The Balaban J connectivity index is 1.17. The summed E-state index contributed by atoms with van der Waals surface area (Å²) in [6, 6.07) is 19.9. The highest BCUT2D eigenvalue weighted by molar-refractivity contribution is 5.95. The fraction of sp³-hybridized carbons (Fsp3) is 0.261. The Hall–Kier alpha value is -3.65. The van der Waals surface area contributed by atoms with Gasteiger partial charge >= 0.3 is 0 Å².